The van der Waals surface area contributed by atoms with Gasteiger partial charge in [-0.2, -0.15) is 0 Å². The molecule has 0 radical (unpaired) electrons. The average molecular weight is 476 g/mol. The Morgan fingerprint density at radius 3 is 2.56 bits per heavy atom. The van der Waals surface area contributed by atoms with Gasteiger partial charge in [0, 0.05) is 22.8 Å². The first kappa shape index (κ1) is 22.4. The number of phenolic OH excluding ortho intramolecular Hbond substituents is 1. The van der Waals surface area contributed by atoms with Gasteiger partial charge in [-0.3, -0.25) is 4.90 Å². The zero-order valence-electron chi connectivity index (χ0n) is 19.0. The zero-order chi connectivity index (χ0) is 23.5. The standard InChI is InChI=1S/C26H26ClN5O2/c1-17-14-24-25(16-21(17)22-15-19(33)6-9-23(22)27)30-31-26(29-24)28-18-4-7-20(8-5-18)34-13-12-32-10-2-3-11-32/h4-9,14-16,33H,2-3,10-13H2,1H3,(H,28,29,31). The molecular weight excluding hydrogens is 450 g/mol. The summed E-state index contributed by atoms with van der Waals surface area (Å²) in [5, 5.41) is 22.2. The lowest BCUT2D eigenvalue weighted by Crippen LogP contribution is -2.25. The Labute approximate surface area is 203 Å². The number of phenols is 1. The first-order valence-corrected chi connectivity index (χ1v) is 11.8. The molecule has 0 amide bonds. The van der Waals surface area contributed by atoms with E-state index < -0.39 is 0 Å². The summed E-state index contributed by atoms with van der Waals surface area (Å²) in [7, 11) is 0. The molecule has 174 valence electrons. The predicted octanol–water partition coefficient (Wildman–Crippen LogP) is 5.58. The number of anilines is 2. The number of benzene rings is 3. The van der Waals surface area contributed by atoms with Crippen LogP contribution in [0.15, 0.2) is 54.6 Å². The third-order valence-corrected chi connectivity index (χ3v) is 6.36. The second kappa shape index (κ2) is 9.83. The van der Waals surface area contributed by atoms with Crippen LogP contribution in [-0.2, 0) is 0 Å². The fraction of sp³-hybridized carbons (Fsp3) is 0.269. The largest absolute Gasteiger partial charge is 0.508 e. The highest BCUT2D eigenvalue weighted by atomic mass is 35.5. The number of rotatable bonds is 7. The zero-order valence-corrected chi connectivity index (χ0v) is 19.7. The van der Waals surface area contributed by atoms with Crippen molar-refractivity contribution in [2.45, 2.75) is 19.8 Å². The Hall–Kier alpha value is -3.42. The van der Waals surface area contributed by atoms with Crippen LogP contribution in [0.3, 0.4) is 0 Å². The first-order chi connectivity index (χ1) is 16.5. The minimum absolute atomic E-state index is 0.158. The van der Waals surface area contributed by atoms with E-state index in [1.165, 1.54) is 25.9 Å². The van der Waals surface area contributed by atoms with Crippen LogP contribution in [0, 0.1) is 6.92 Å². The molecule has 3 aromatic carbocycles. The van der Waals surface area contributed by atoms with E-state index in [2.05, 4.69) is 25.4 Å². The number of fused-ring (bicyclic) bond motifs is 1. The molecule has 1 saturated heterocycles. The fourth-order valence-electron chi connectivity index (χ4n) is 4.21. The summed E-state index contributed by atoms with van der Waals surface area (Å²) in [6, 6.07) is 16.5. The number of likely N-dealkylation sites (tertiary alicyclic amines) is 1. The van der Waals surface area contributed by atoms with Crippen LogP contribution in [-0.4, -0.2) is 51.4 Å². The molecule has 8 heteroatoms. The van der Waals surface area contributed by atoms with Crippen molar-refractivity contribution in [2.75, 3.05) is 31.6 Å². The Balaban J connectivity index is 1.28. The molecular formula is C26H26ClN5O2. The minimum atomic E-state index is 0.158. The maximum Gasteiger partial charge on any atom is 0.247 e. The second-order valence-electron chi connectivity index (χ2n) is 8.50. The highest BCUT2D eigenvalue weighted by Gasteiger charge is 2.12. The van der Waals surface area contributed by atoms with Crippen molar-refractivity contribution in [3.8, 4) is 22.6 Å². The Kier molecular flexibility index (Phi) is 6.47. The number of nitrogens with zero attached hydrogens (tertiary/aromatic N) is 4. The summed E-state index contributed by atoms with van der Waals surface area (Å²) in [4.78, 5) is 7.05. The van der Waals surface area contributed by atoms with Crippen LogP contribution in [0.1, 0.15) is 18.4 Å². The average Bonchev–Trinajstić information content (AvgIpc) is 3.35. The number of aryl methyl sites for hydroxylation is 1. The van der Waals surface area contributed by atoms with E-state index in [0.29, 0.717) is 23.1 Å². The van der Waals surface area contributed by atoms with E-state index in [9.17, 15) is 5.11 Å². The molecule has 1 aliphatic heterocycles. The van der Waals surface area contributed by atoms with E-state index in [0.717, 1.165) is 40.2 Å². The van der Waals surface area contributed by atoms with Gasteiger partial charge < -0.3 is 15.2 Å². The number of hydrogen-bond acceptors (Lipinski definition) is 7. The van der Waals surface area contributed by atoms with Gasteiger partial charge >= 0.3 is 0 Å². The maximum absolute atomic E-state index is 9.87. The molecule has 2 N–H and O–H groups in total. The van der Waals surface area contributed by atoms with Gasteiger partial charge in [0.15, 0.2) is 0 Å². The molecule has 1 aromatic heterocycles. The summed E-state index contributed by atoms with van der Waals surface area (Å²) in [5.41, 5.74) is 4.82. The Bertz CT molecular complexity index is 1310. The third-order valence-electron chi connectivity index (χ3n) is 6.03. The molecule has 0 spiro atoms. The molecule has 0 atom stereocenters. The van der Waals surface area contributed by atoms with E-state index in [4.69, 9.17) is 16.3 Å². The van der Waals surface area contributed by atoms with Crippen molar-refractivity contribution in [2.24, 2.45) is 0 Å². The summed E-state index contributed by atoms with van der Waals surface area (Å²) >= 11 is 6.35. The molecule has 5 rings (SSSR count). The Morgan fingerprint density at radius 1 is 0.971 bits per heavy atom. The lowest BCUT2D eigenvalue weighted by molar-refractivity contribution is 0.238. The quantitative estimate of drug-likeness (QED) is 0.361. The van der Waals surface area contributed by atoms with Crippen molar-refractivity contribution in [1.82, 2.24) is 20.1 Å². The molecule has 0 aliphatic carbocycles. The smallest absolute Gasteiger partial charge is 0.247 e. The number of halogens is 1. The van der Waals surface area contributed by atoms with Gasteiger partial charge in [0.25, 0.3) is 0 Å². The van der Waals surface area contributed by atoms with Crippen LogP contribution >= 0.6 is 11.6 Å². The molecule has 0 saturated carbocycles. The van der Waals surface area contributed by atoms with E-state index >= 15 is 0 Å². The van der Waals surface area contributed by atoms with Crippen molar-refractivity contribution in [3.05, 3.63) is 65.2 Å². The molecule has 1 fully saturated rings. The van der Waals surface area contributed by atoms with Gasteiger partial charge in [-0.05, 0) is 98.6 Å². The molecule has 0 unspecified atom stereocenters. The summed E-state index contributed by atoms with van der Waals surface area (Å²) in [6.45, 7) is 5.99. The summed E-state index contributed by atoms with van der Waals surface area (Å²) in [5.74, 6) is 1.42. The van der Waals surface area contributed by atoms with Crippen molar-refractivity contribution >= 4 is 34.3 Å². The van der Waals surface area contributed by atoms with Crippen LogP contribution in [0.5, 0.6) is 11.5 Å². The number of hydrogen-bond donors (Lipinski definition) is 2. The van der Waals surface area contributed by atoms with E-state index in [1.807, 2.05) is 43.3 Å². The third kappa shape index (κ3) is 5.05. The van der Waals surface area contributed by atoms with E-state index in [-0.39, 0.29) is 5.75 Å². The van der Waals surface area contributed by atoms with Gasteiger partial charge in [-0.25, -0.2) is 4.98 Å². The van der Waals surface area contributed by atoms with Gasteiger partial charge in [0.05, 0.1) is 5.52 Å². The number of nitrogens with one attached hydrogen (secondary N) is 1. The topological polar surface area (TPSA) is 83.4 Å². The second-order valence-corrected chi connectivity index (χ2v) is 8.91. The van der Waals surface area contributed by atoms with Gasteiger partial charge in [0.2, 0.25) is 5.95 Å². The highest BCUT2D eigenvalue weighted by molar-refractivity contribution is 6.33. The monoisotopic (exact) mass is 475 g/mol. The molecule has 0 bridgehead atoms. The lowest BCUT2D eigenvalue weighted by Gasteiger charge is -2.15. The summed E-state index contributed by atoms with van der Waals surface area (Å²) in [6.07, 6.45) is 2.58. The predicted molar refractivity (Wildman–Crippen MR) is 135 cm³/mol. The van der Waals surface area contributed by atoms with E-state index in [1.54, 1.807) is 18.2 Å². The van der Waals surface area contributed by atoms with Crippen molar-refractivity contribution < 1.29 is 9.84 Å². The van der Waals surface area contributed by atoms with Crippen LogP contribution < -0.4 is 10.1 Å². The maximum atomic E-state index is 9.87. The molecule has 1 aliphatic rings. The highest BCUT2D eigenvalue weighted by Crippen LogP contribution is 2.34. The first-order valence-electron chi connectivity index (χ1n) is 11.4. The normalized spacial score (nSPS) is 13.9. The SMILES string of the molecule is Cc1cc2nc(Nc3ccc(OCCN4CCCC4)cc3)nnc2cc1-c1cc(O)ccc1Cl. The van der Waals surface area contributed by atoms with Crippen molar-refractivity contribution in [3.63, 3.8) is 0 Å². The van der Waals surface area contributed by atoms with Crippen LogP contribution in [0.25, 0.3) is 22.2 Å². The van der Waals surface area contributed by atoms with Gasteiger partial charge in [0.1, 0.15) is 23.6 Å². The fourth-order valence-corrected chi connectivity index (χ4v) is 4.43. The summed E-state index contributed by atoms with van der Waals surface area (Å²) < 4.78 is 5.87. The minimum Gasteiger partial charge on any atom is -0.508 e. The van der Waals surface area contributed by atoms with Gasteiger partial charge in [-0.15, -0.1) is 10.2 Å². The van der Waals surface area contributed by atoms with Crippen molar-refractivity contribution in [1.29, 1.82) is 0 Å². The molecule has 4 aromatic rings. The van der Waals surface area contributed by atoms with Gasteiger partial charge in [-0.1, -0.05) is 11.6 Å². The number of aromatic hydroxyl groups is 1. The molecule has 2 heterocycles. The Morgan fingerprint density at radius 2 is 1.76 bits per heavy atom. The molecule has 34 heavy (non-hydrogen) atoms. The number of aromatic nitrogens is 3. The molecule has 7 nitrogen and oxygen atoms in total. The van der Waals surface area contributed by atoms with Crippen LogP contribution in [0.4, 0.5) is 11.6 Å². The number of ether oxygens (including phenoxy) is 1. The lowest BCUT2D eigenvalue weighted by atomic mass is 9.99. The van der Waals surface area contributed by atoms with Crippen LogP contribution in [0.2, 0.25) is 5.02 Å².